The first-order valence-corrected chi connectivity index (χ1v) is 6.73. The Bertz CT molecular complexity index is 544. The number of benzene rings is 1. The summed E-state index contributed by atoms with van der Waals surface area (Å²) in [5.41, 5.74) is 0.478. The molecule has 2 aromatic rings. The highest BCUT2D eigenvalue weighted by Crippen LogP contribution is 2.30. The molecule has 0 aliphatic rings. The van der Waals surface area contributed by atoms with Crippen molar-refractivity contribution in [2.24, 2.45) is 0 Å². The minimum Gasteiger partial charge on any atom is -0.452 e. The van der Waals surface area contributed by atoms with Crippen LogP contribution in [0.4, 0.5) is 4.39 Å². The van der Waals surface area contributed by atoms with Crippen LogP contribution in [0.5, 0.6) is 0 Å². The Hall–Kier alpha value is -0.840. The van der Waals surface area contributed by atoms with E-state index < -0.39 is 5.82 Å². The molecule has 96 valence electrons. The lowest BCUT2D eigenvalue weighted by molar-refractivity contribution is 0.429. The molecule has 1 aromatic carbocycles. The summed E-state index contributed by atoms with van der Waals surface area (Å²) in [5.74, 6) is 0.225. The first kappa shape index (κ1) is 13.6. The zero-order valence-corrected chi connectivity index (χ0v) is 12.1. The number of furan rings is 1. The summed E-state index contributed by atoms with van der Waals surface area (Å²) < 4.78 is 20.1. The van der Waals surface area contributed by atoms with Crippen LogP contribution >= 0.6 is 27.5 Å². The van der Waals surface area contributed by atoms with Gasteiger partial charge in [0.2, 0.25) is 0 Å². The average Bonchev–Trinajstić information content (AvgIpc) is 2.77. The Morgan fingerprint density at radius 1 is 1.39 bits per heavy atom. The van der Waals surface area contributed by atoms with Crippen molar-refractivity contribution in [3.8, 4) is 0 Å². The van der Waals surface area contributed by atoms with Crippen molar-refractivity contribution in [1.29, 1.82) is 0 Å². The first-order chi connectivity index (χ1) is 8.63. The third-order valence-electron chi connectivity index (χ3n) is 2.58. The second-order valence-electron chi connectivity index (χ2n) is 3.78. The van der Waals surface area contributed by atoms with Gasteiger partial charge in [-0.1, -0.05) is 30.7 Å². The van der Waals surface area contributed by atoms with E-state index in [1.165, 1.54) is 6.07 Å². The van der Waals surface area contributed by atoms with Gasteiger partial charge in [-0.05, 0) is 40.7 Å². The Balaban J connectivity index is 2.44. The summed E-state index contributed by atoms with van der Waals surface area (Å²) in [6.45, 7) is 2.64. The molecule has 18 heavy (non-hydrogen) atoms. The molecule has 2 nitrogen and oxygen atoms in total. The van der Waals surface area contributed by atoms with Crippen LogP contribution in [-0.4, -0.2) is 6.54 Å². The third-order valence-corrected chi connectivity index (χ3v) is 3.30. The van der Waals surface area contributed by atoms with Gasteiger partial charge in [-0.15, -0.1) is 0 Å². The number of nitrogens with one attached hydrogen (secondary N) is 1. The quantitative estimate of drug-likeness (QED) is 0.889. The average molecular weight is 333 g/mol. The van der Waals surface area contributed by atoms with Gasteiger partial charge in [-0.25, -0.2) is 4.39 Å². The van der Waals surface area contributed by atoms with Gasteiger partial charge in [0.25, 0.3) is 0 Å². The molecule has 0 aliphatic carbocycles. The molecule has 0 spiro atoms. The van der Waals surface area contributed by atoms with Gasteiger partial charge in [0.1, 0.15) is 11.6 Å². The van der Waals surface area contributed by atoms with E-state index in [1.54, 1.807) is 24.3 Å². The Labute approximate surface area is 118 Å². The van der Waals surface area contributed by atoms with Gasteiger partial charge in [0.15, 0.2) is 4.67 Å². The molecule has 1 aromatic heterocycles. The lowest BCUT2D eigenvalue weighted by atomic mass is 10.0. The van der Waals surface area contributed by atoms with E-state index in [9.17, 15) is 4.39 Å². The number of hydrogen-bond acceptors (Lipinski definition) is 2. The molecule has 0 fully saturated rings. The topological polar surface area (TPSA) is 25.2 Å². The molecular formula is C13H12BrClFNO. The number of hydrogen-bond donors (Lipinski definition) is 1. The highest BCUT2D eigenvalue weighted by molar-refractivity contribution is 9.10. The highest BCUT2D eigenvalue weighted by Gasteiger charge is 2.21. The first-order valence-electron chi connectivity index (χ1n) is 5.56. The minimum absolute atomic E-state index is 0.112. The largest absolute Gasteiger partial charge is 0.452 e. The van der Waals surface area contributed by atoms with Crippen LogP contribution in [0.2, 0.25) is 5.02 Å². The Morgan fingerprint density at radius 3 is 2.78 bits per heavy atom. The van der Waals surface area contributed by atoms with Gasteiger partial charge in [-0.2, -0.15) is 0 Å². The zero-order chi connectivity index (χ0) is 13.1. The van der Waals surface area contributed by atoms with Crippen LogP contribution in [0.25, 0.3) is 0 Å². The van der Waals surface area contributed by atoms with Gasteiger partial charge in [0, 0.05) is 5.56 Å². The van der Waals surface area contributed by atoms with Gasteiger partial charge >= 0.3 is 0 Å². The van der Waals surface area contributed by atoms with E-state index in [0.29, 0.717) is 22.5 Å². The molecule has 0 radical (unpaired) electrons. The second-order valence-corrected chi connectivity index (χ2v) is 4.96. The highest BCUT2D eigenvalue weighted by atomic mass is 79.9. The smallest absolute Gasteiger partial charge is 0.169 e. The molecule has 1 atom stereocenters. The Kier molecular flexibility index (Phi) is 4.43. The molecule has 2 rings (SSSR count). The molecule has 0 aliphatic heterocycles. The fraction of sp³-hybridized carbons (Fsp3) is 0.231. The van der Waals surface area contributed by atoms with E-state index in [1.807, 2.05) is 6.92 Å². The summed E-state index contributed by atoms with van der Waals surface area (Å²) >= 11 is 9.05. The van der Waals surface area contributed by atoms with Crippen molar-refractivity contribution < 1.29 is 8.81 Å². The summed E-state index contributed by atoms with van der Waals surface area (Å²) in [5, 5.41) is 3.30. The van der Waals surface area contributed by atoms with Crippen molar-refractivity contribution in [3.05, 3.63) is 57.2 Å². The molecule has 5 heteroatoms. The third kappa shape index (κ3) is 2.76. The van der Waals surface area contributed by atoms with E-state index in [-0.39, 0.29) is 11.1 Å². The van der Waals surface area contributed by atoms with Crippen LogP contribution < -0.4 is 5.32 Å². The monoisotopic (exact) mass is 331 g/mol. The van der Waals surface area contributed by atoms with E-state index in [2.05, 4.69) is 21.2 Å². The SMILES string of the molecule is CCNC(c1ccc(Br)o1)c1cccc(Cl)c1F. The number of halogens is 3. The molecule has 0 amide bonds. The van der Waals surface area contributed by atoms with E-state index >= 15 is 0 Å². The van der Waals surface area contributed by atoms with Gasteiger partial charge in [0.05, 0.1) is 11.1 Å². The lowest BCUT2D eigenvalue weighted by Gasteiger charge is -2.17. The maximum absolute atomic E-state index is 14.0. The van der Waals surface area contributed by atoms with Crippen LogP contribution in [0.15, 0.2) is 39.4 Å². The van der Waals surface area contributed by atoms with Gasteiger partial charge in [-0.3, -0.25) is 0 Å². The van der Waals surface area contributed by atoms with Crippen molar-refractivity contribution in [2.45, 2.75) is 13.0 Å². The summed E-state index contributed by atoms with van der Waals surface area (Å²) in [4.78, 5) is 0. The molecule has 1 N–H and O–H groups in total. The maximum Gasteiger partial charge on any atom is 0.169 e. The second kappa shape index (κ2) is 5.87. The summed E-state index contributed by atoms with van der Waals surface area (Å²) in [7, 11) is 0. The standard InChI is InChI=1S/C13H12BrClFNO/c1-2-17-13(10-6-7-11(14)18-10)8-4-3-5-9(15)12(8)16/h3-7,13,17H,2H2,1H3. The van der Waals surface area contributed by atoms with Crippen LogP contribution in [0, 0.1) is 5.82 Å². The molecular weight excluding hydrogens is 321 g/mol. The van der Waals surface area contributed by atoms with Crippen molar-refractivity contribution >= 4 is 27.5 Å². The number of rotatable bonds is 4. The maximum atomic E-state index is 14.0. The normalized spacial score (nSPS) is 12.7. The molecule has 1 heterocycles. The molecule has 1 unspecified atom stereocenters. The Morgan fingerprint density at radius 2 is 2.17 bits per heavy atom. The van der Waals surface area contributed by atoms with Crippen LogP contribution in [0.3, 0.4) is 0 Å². The fourth-order valence-electron chi connectivity index (χ4n) is 1.79. The van der Waals surface area contributed by atoms with Crippen molar-refractivity contribution in [2.75, 3.05) is 6.54 Å². The molecule has 0 bridgehead atoms. The van der Waals surface area contributed by atoms with E-state index in [0.717, 1.165) is 0 Å². The summed E-state index contributed by atoms with van der Waals surface area (Å²) in [6.07, 6.45) is 0. The van der Waals surface area contributed by atoms with Gasteiger partial charge < -0.3 is 9.73 Å². The minimum atomic E-state index is -0.419. The van der Waals surface area contributed by atoms with Crippen molar-refractivity contribution in [1.82, 2.24) is 5.32 Å². The molecule has 0 saturated heterocycles. The predicted molar refractivity (Wildman–Crippen MR) is 73.3 cm³/mol. The fourth-order valence-corrected chi connectivity index (χ4v) is 2.30. The zero-order valence-electron chi connectivity index (χ0n) is 9.71. The predicted octanol–water partition coefficient (Wildman–Crippen LogP) is 4.53. The molecule has 0 saturated carbocycles. The summed E-state index contributed by atoms with van der Waals surface area (Å²) in [6, 6.07) is 8.19. The van der Waals surface area contributed by atoms with E-state index in [4.69, 9.17) is 16.0 Å². The van der Waals surface area contributed by atoms with Crippen molar-refractivity contribution in [3.63, 3.8) is 0 Å². The van der Waals surface area contributed by atoms with Crippen LogP contribution in [-0.2, 0) is 0 Å². The van der Waals surface area contributed by atoms with Crippen LogP contribution in [0.1, 0.15) is 24.3 Å². The lowest BCUT2D eigenvalue weighted by Crippen LogP contribution is -2.22.